The van der Waals surface area contributed by atoms with Crippen LogP contribution in [0.25, 0.3) is 0 Å². The van der Waals surface area contributed by atoms with Crippen molar-refractivity contribution in [3.8, 4) is 0 Å². The molecule has 2 atom stereocenters. The third-order valence-electron chi connectivity index (χ3n) is 2.51. The molecule has 5 nitrogen and oxygen atoms in total. The van der Waals surface area contributed by atoms with Gasteiger partial charge < -0.3 is 15.2 Å². The highest BCUT2D eigenvalue weighted by molar-refractivity contribution is 5.08. The fourth-order valence-electron chi connectivity index (χ4n) is 1.52. The van der Waals surface area contributed by atoms with Crippen molar-refractivity contribution in [3.63, 3.8) is 0 Å². The average molecular weight is 227 g/mol. The van der Waals surface area contributed by atoms with Crippen LogP contribution in [-0.4, -0.2) is 41.3 Å². The highest BCUT2D eigenvalue weighted by Gasteiger charge is 2.08. The zero-order chi connectivity index (χ0) is 12.0. The summed E-state index contributed by atoms with van der Waals surface area (Å²) in [5.74, 6) is 0. The van der Waals surface area contributed by atoms with Gasteiger partial charge in [0.05, 0.1) is 18.9 Å². The first-order valence-corrected chi connectivity index (χ1v) is 5.52. The minimum Gasteiger partial charge on any atom is -0.391 e. The molecule has 0 aromatic carbocycles. The van der Waals surface area contributed by atoms with E-state index in [4.69, 9.17) is 4.74 Å². The van der Waals surface area contributed by atoms with Gasteiger partial charge in [-0.2, -0.15) is 5.10 Å². The van der Waals surface area contributed by atoms with Gasteiger partial charge in [-0.1, -0.05) is 0 Å². The zero-order valence-corrected chi connectivity index (χ0v) is 10.2. The maximum atomic E-state index is 9.46. The van der Waals surface area contributed by atoms with Crippen LogP contribution in [0.4, 0.5) is 0 Å². The largest absolute Gasteiger partial charge is 0.391 e. The van der Waals surface area contributed by atoms with Gasteiger partial charge in [0.2, 0.25) is 0 Å². The van der Waals surface area contributed by atoms with Crippen molar-refractivity contribution in [1.29, 1.82) is 0 Å². The van der Waals surface area contributed by atoms with Gasteiger partial charge in [0.25, 0.3) is 0 Å². The Balaban J connectivity index is 2.22. The Labute approximate surface area is 96.4 Å². The summed E-state index contributed by atoms with van der Waals surface area (Å²) in [6.07, 6.45) is 4.14. The normalized spacial score (nSPS) is 15.0. The summed E-state index contributed by atoms with van der Waals surface area (Å²) in [6.45, 7) is 3.24. The fourth-order valence-corrected chi connectivity index (χ4v) is 1.52. The Kier molecular flexibility index (Phi) is 5.45. The molecule has 1 heterocycles. The third-order valence-corrected chi connectivity index (χ3v) is 2.51. The summed E-state index contributed by atoms with van der Waals surface area (Å²) in [6, 6.07) is 0.253. The van der Waals surface area contributed by atoms with Crippen LogP contribution in [0, 0.1) is 0 Å². The number of aliphatic hydroxyl groups is 1. The van der Waals surface area contributed by atoms with E-state index in [0.29, 0.717) is 13.0 Å². The minimum absolute atomic E-state index is 0.253. The van der Waals surface area contributed by atoms with Crippen molar-refractivity contribution in [3.05, 3.63) is 18.0 Å². The molecule has 0 aliphatic heterocycles. The molecule has 0 aliphatic carbocycles. The number of rotatable bonds is 7. The van der Waals surface area contributed by atoms with Crippen LogP contribution in [0.1, 0.15) is 24.9 Å². The van der Waals surface area contributed by atoms with Gasteiger partial charge in [-0.3, -0.25) is 4.68 Å². The molecule has 5 heteroatoms. The molecular weight excluding hydrogens is 206 g/mol. The second-order valence-corrected chi connectivity index (χ2v) is 4.02. The summed E-state index contributed by atoms with van der Waals surface area (Å²) in [5.41, 5.74) is 1.16. The SMILES string of the molecule is COCC(O)CCNC(C)c1cnn(C)c1. The molecule has 16 heavy (non-hydrogen) atoms. The second-order valence-electron chi connectivity index (χ2n) is 4.02. The van der Waals surface area contributed by atoms with E-state index in [1.54, 1.807) is 11.8 Å². The molecule has 0 saturated heterocycles. The number of methoxy groups -OCH3 is 1. The van der Waals surface area contributed by atoms with Gasteiger partial charge in [0.1, 0.15) is 0 Å². The maximum absolute atomic E-state index is 9.46. The van der Waals surface area contributed by atoms with E-state index in [-0.39, 0.29) is 6.04 Å². The number of aromatic nitrogens is 2. The molecule has 2 N–H and O–H groups in total. The first-order valence-electron chi connectivity index (χ1n) is 5.52. The van der Waals surface area contributed by atoms with Crippen molar-refractivity contribution < 1.29 is 9.84 Å². The molecule has 2 unspecified atom stereocenters. The number of hydrogen-bond acceptors (Lipinski definition) is 4. The average Bonchev–Trinajstić information content (AvgIpc) is 2.65. The summed E-state index contributed by atoms with van der Waals surface area (Å²) >= 11 is 0. The lowest BCUT2D eigenvalue weighted by Gasteiger charge is -2.14. The van der Waals surface area contributed by atoms with Gasteiger partial charge in [0, 0.05) is 32.0 Å². The summed E-state index contributed by atoms with van der Waals surface area (Å²) < 4.78 is 6.64. The lowest BCUT2D eigenvalue weighted by Crippen LogP contribution is -2.25. The predicted octanol–water partition coefficient (Wildman–Crippen LogP) is 0.468. The van der Waals surface area contributed by atoms with E-state index in [0.717, 1.165) is 12.1 Å². The highest BCUT2D eigenvalue weighted by Crippen LogP contribution is 2.09. The van der Waals surface area contributed by atoms with Gasteiger partial charge in [-0.15, -0.1) is 0 Å². The lowest BCUT2D eigenvalue weighted by atomic mass is 10.2. The molecule has 0 amide bonds. The van der Waals surface area contributed by atoms with Gasteiger partial charge in [0.15, 0.2) is 0 Å². The number of aliphatic hydroxyl groups excluding tert-OH is 1. The van der Waals surface area contributed by atoms with Gasteiger partial charge >= 0.3 is 0 Å². The fraction of sp³-hybridized carbons (Fsp3) is 0.727. The molecule has 1 aromatic rings. The van der Waals surface area contributed by atoms with Gasteiger partial charge in [-0.05, 0) is 19.9 Å². The molecule has 1 aromatic heterocycles. The van der Waals surface area contributed by atoms with E-state index in [1.807, 2.05) is 19.4 Å². The minimum atomic E-state index is -0.390. The first kappa shape index (κ1) is 13.2. The van der Waals surface area contributed by atoms with E-state index >= 15 is 0 Å². The third kappa shape index (κ3) is 4.30. The quantitative estimate of drug-likeness (QED) is 0.711. The van der Waals surface area contributed by atoms with Crippen molar-refractivity contribution in [1.82, 2.24) is 15.1 Å². The van der Waals surface area contributed by atoms with Crippen molar-refractivity contribution in [2.45, 2.75) is 25.5 Å². The molecule has 0 aliphatic rings. The van der Waals surface area contributed by atoms with Crippen molar-refractivity contribution >= 4 is 0 Å². The number of aryl methyl sites for hydroxylation is 1. The Hall–Kier alpha value is -0.910. The van der Waals surface area contributed by atoms with Crippen LogP contribution in [0.3, 0.4) is 0 Å². The topological polar surface area (TPSA) is 59.3 Å². The van der Waals surface area contributed by atoms with E-state index in [2.05, 4.69) is 17.3 Å². The van der Waals surface area contributed by atoms with Crippen molar-refractivity contribution in [2.75, 3.05) is 20.3 Å². The second kappa shape index (κ2) is 6.62. The van der Waals surface area contributed by atoms with Gasteiger partial charge in [-0.25, -0.2) is 0 Å². The standard InChI is InChI=1S/C11H21N3O2/c1-9(10-6-13-14(2)7-10)12-5-4-11(15)8-16-3/h6-7,9,11-12,15H,4-5,8H2,1-3H3. The molecule has 0 radical (unpaired) electrons. The predicted molar refractivity (Wildman–Crippen MR) is 62.1 cm³/mol. The summed E-state index contributed by atoms with van der Waals surface area (Å²) in [4.78, 5) is 0. The first-order chi connectivity index (χ1) is 7.63. The molecule has 0 saturated carbocycles. The number of hydrogen-bond donors (Lipinski definition) is 2. The molecule has 0 spiro atoms. The molecule has 0 fully saturated rings. The summed E-state index contributed by atoms with van der Waals surface area (Å²) in [5, 5.41) is 16.9. The van der Waals surface area contributed by atoms with Crippen LogP contribution in [0.5, 0.6) is 0 Å². The molecule has 0 bridgehead atoms. The Bertz CT molecular complexity index is 301. The van der Waals surface area contributed by atoms with Crippen LogP contribution >= 0.6 is 0 Å². The van der Waals surface area contributed by atoms with Crippen LogP contribution in [-0.2, 0) is 11.8 Å². The van der Waals surface area contributed by atoms with E-state index in [9.17, 15) is 5.11 Å². The number of nitrogens with one attached hydrogen (secondary N) is 1. The molecule has 92 valence electrons. The Morgan fingerprint density at radius 1 is 1.62 bits per heavy atom. The zero-order valence-electron chi connectivity index (χ0n) is 10.2. The van der Waals surface area contributed by atoms with E-state index in [1.165, 1.54) is 0 Å². The van der Waals surface area contributed by atoms with Crippen LogP contribution in [0.2, 0.25) is 0 Å². The van der Waals surface area contributed by atoms with Crippen LogP contribution in [0.15, 0.2) is 12.4 Å². The smallest absolute Gasteiger partial charge is 0.0785 e. The maximum Gasteiger partial charge on any atom is 0.0785 e. The van der Waals surface area contributed by atoms with Crippen molar-refractivity contribution in [2.24, 2.45) is 7.05 Å². The number of nitrogens with zero attached hydrogens (tertiary/aromatic N) is 2. The lowest BCUT2D eigenvalue weighted by molar-refractivity contribution is 0.0590. The number of ether oxygens (including phenoxy) is 1. The Morgan fingerprint density at radius 3 is 2.94 bits per heavy atom. The van der Waals surface area contributed by atoms with E-state index < -0.39 is 6.10 Å². The Morgan fingerprint density at radius 2 is 2.38 bits per heavy atom. The van der Waals surface area contributed by atoms with Crippen LogP contribution < -0.4 is 5.32 Å². The monoisotopic (exact) mass is 227 g/mol. The highest BCUT2D eigenvalue weighted by atomic mass is 16.5. The molecule has 1 rings (SSSR count). The molecular formula is C11H21N3O2. The summed E-state index contributed by atoms with van der Waals surface area (Å²) in [7, 11) is 3.49.